The van der Waals surface area contributed by atoms with Gasteiger partial charge in [0.1, 0.15) is 4.99 Å². The van der Waals surface area contributed by atoms with E-state index in [1.807, 2.05) is 19.1 Å². The normalized spacial score (nSPS) is 22.0. The maximum atomic E-state index is 12.5. The summed E-state index contributed by atoms with van der Waals surface area (Å²) in [5.74, 6) is 1.13. The first-order chi connectivity index (χ1) is 14.4. The molecular weight excluding hydrogens is 519 g/mol. The summed E-state index contributed by atoms with van der Waals surface area (Å²) in [5.41, 5.74) is 0.908. The molecule has 9 heteroatoms. The first-order valence-corrected chi connectivity index (χ1v) is 11.8. The van der Waals surface area contributed by atoms with Gasteiger partial charge in [-0.1, -0.05) is 12.2 Å². The molecule has 2 saturated heterocycles. The summed E-state index contributed by atoms with van der Waals surface area (Å²) in [5, 5.41) is 0. The van der Waals surface area contributed by atoms with Crippen LogP contribution in [0.15, 0.2) is 12.1 Å². The first kappa shape index (κ1) is 23.5. The van der Waals surface area contributed by atoms with Gasteiger partial charge in [-0.25, -0.2) is 0 Å². The Hall–Kier alpha value is -1.17. The molecule has 3 rings (SSSR count). The van der Waals surface area contributed by atoms with Crippen LogP contribution < -0.4 is 9.47 Å². The molecule has 2 aliphatic rings. The van der Waals surface area contributed by atoms with Crippen LogP contribution in [0.25, 0.3) is 0 Å². The van der Waals surface area contributed by atoms with E-state index in [2.05, 4.69) is 41.3 Å². The standard InChI is InChI=1S/C21H29IN2O5S/c1-4-27-18-10-16(21(30)24-11-14(2)29-15(3)12-24)9-17(22)20(18)28-13-19(25)23-5-7-26-8-6-23/h9-10,14-15H,4-8,11-13H2,1-3H3/t14-,15-/m0/s1. The summed E-state index contributed by atoms with van der Waals surface area (Å²) in [4.78, 5) is 17.2. The van der Waals surface area contributed by atoms with Crippen molar-refractivity contribution in [3.8, 4) is 11.5 Å². The Bertz CT molecular complexity index is 762. The highest BCUT2D eigenvalue weighted by atomic mass is 127. The van der Waals surface area contributed by atoms with Crippen LogP contribution in [0.5, 0.6) is 11.5 Å². The predicted molar refractivity (Wildman–Crippen MR) is 127 cm³/mol. The lowest BCUT2D eigenvalue weighted by Crippen LogP contribution is -2.47. The zero-order valence-corrected chi connectivity index (χ0v) is 20.7. The maximum absolute atomic E-state index is 12.5. The van der Waals surface area contributed by atoms with Crippen LogP contribution in [-0.2, 0) is 14.3 Å². The number of carbonyl (C=O) groups excluding carboxylic acids is 1. The zero-order chi connectivity index (χ0) is 21.7. The number of halogens is 1. The second-order valence-corrected chi connectivity index (χ2v) is 9.02. The van der Waals surface area contributed by atoms with Gasteiger partial charge in [-0.15, -0.1) is 0 Å². The van der Waals surface area contributed by atoms with Gasteiger partial charge in [0.05, 0.1) is 35.6 Å². The predicted octanol–water partition coefficient (Wildman–Crippen LogP) is 2.71. The molecule has 0 radical (unpaired) electrons. The number of morpholine rings is 2. The van der Waals surface area contributed by atoms with Gasteiger partial charge in [0.15, 0.2) is 18.1 Å². The Morgan fingerprint density at radius 3 is 2.47 bits per heavy atom. The lowest BCUT2D eigenvalue weighted by atomic mass is 10.1. The summed E-state index contributed by atoms with van der Waals surface area (Å²) >= 11 is 7.99. The van der Waals surface area contributed by atoms with Crippen molar-refractivity contribution in [3.63, 3.8) is 0 Å². The molecular formula is C21H29IN2O5S. The highest BCUT2D eigenvalue weighted by Crippen LogP contribution is 2.35. The molecule has 1 amide bonds. The molecule has 0 spiro atoms. The van der Waals surface area contributed by atoms with Crippen LogP contribution in [0.1, 0.15) is 26.3 Å². The van der Waals surface area contributed by atoms with E-state index in [9.17, 15) is 4.79 Å². The highest BCUT2D eigenvalue weighted by molar-refractivity contribution is 14.1. The molecule has 30 heavy (non-hydrogen) atoms. The lowest BCUT2D eigenvalue weighted by molar-refractivity contribution is -0.137. The number of rotatable bonds is 6. The number of amides is 1. The van der Waals surface area contributed by atoms with Gasteiger partial charge < -0.3 is 28.7 Å². The molecule has 2 fully saturated rings. The largest absolute Gasteiger partial charge is 0.490 e. The van der Waals surface area contributed by atoms with Crippen molar-refractivity contribution in [2.75, 3.05) is 52.6 Å². The van der Waals surface area contributed by atoms with Gasteiger partial charge in [-0.05, 0) is 55.5 Å². The van der Waals surface area contributed by atoms with E-state index in [4.69, 9.17) is 31.2 Å². The molecule has 2 aliphatic heterocycles. The fraction of sp³-hybridized carbons (Fsp3) is 0.619. The smallest absolute Gasteiger partial charge is 0.260 e. The topological polar surface area (TPSA) is 60.5 Å². The Morgan fingerprint density at radius 2 is 1.83 bits per heavy atom. The molecule has 0 unspecified atom stereocenters. The van der Waals surface area contributed by atoms with Crippen LogP contribution >= 0.6 is 34.8 Å². The van der Waals surface area contributed by atoms with E-state index in [0.717, 1.165) is 27.2 Å². The quantitative estimate of drug-likeness (QED) is 0.401. The summed E-state index contributed by atoms with van der Waals surface area (Å²) < 4.78 is 23.7. The van der Waals surface area contributed by atoms with Crippen molar-refractivity contribution in [2.24, 2.45) is 0 Å². The van der Waals surface area contributed by atoms with Crippen molar-refractivity contribution in [1.29, 1.82) is 0 Å². The van der Waals surface area contributed by atoms with Crippen LogP contribution in [0, 0.1) is 3.57 Å². The average Bonchev–Trinajstić information content (AvgIpc) is 2.72. The summed E-state index contributed by atoms with van der Waals surface area (Å²) in [6.45, 7) is 10.4. The third kappa shape index (κ3) is 5.95. The summed E-state index contributed by atoms with van der Waals surface area (Å²) in [6.07, 6.45) is 0.261. The number of hydrogen-bond donors (Lipinski definition) is 0. The van der Waals surface area contributed by atoms with Crippen molar-refractivity contribution >= 4 is 45.7 Å². The van der Waals surface area contributed by atoms with Gasteiger partial charge in [0.2, 0.25) is 0 Å². The van der Waals surface area contributed by atoms with E-state index in [1.54, 1.807) is 4.90 Å². The number of carbonyl (C=O) groups is 1. The van der Waals surface area contributed by atoms with Crippen molar-refractivity contribution in [2.45, 2.75) is 33.0 Å². The average molecular weight is 548 g/mol. The number of nitrogens with zero attached hydrogens (tertiary/aromatic N) is 2. The summed E-state index contributed by atoms with van der Waals surface area (Å²) in [6, 6.07) is 3.90. The Morgan fingerprint density at radius 1 is 1.17 bits per heavy atom. The second-order valence-electron chi connectivity index (χ2n) is 7.47. The molecule has 0 saturated carbocycles. The van der Waals surface area contributed by atoms with Crippen molar-refractivity contribution in [1.82, 2.24) is 9.80 Å². The van der Waals surface area contributed by atoms with E-state index in [-0.39, 0.29) is 24.7 Å². The lowest BCUT2D eigenvalue weighted by Gasteiger charge is -2.37. The number of benzene rings is 1. The van der Waals surface area contributed by atoms with Crippen LogP contribution in [0.2, 0.25) is 0 Å². The minimum atomic E-state index is -0.0487. The molecule has 0 N–H and O–H groups in total. The highest BCUT2D eigenvalue weighted by Gasteiger charge is 2.26. The SMILES string of the molecule is CCOc1cc(C(=S)N2C[C@H](C)O[C@@H](C)C2)cc(I)c1OCC(=O)N1CCOCC1. The molecule has 0 aliphatic carbocycles. The fourth-order valence-electron chi connectivity index (χ4n) is 3.66. The van der Waals surface area contributed by atoms with Crippen LogP contribution in [-0.4, -0.2) is 85.5 Å². The Kier molecular flexibility index (Phi) is 8.55. The molecule has 2 heterocycles. The van der Waals surface area contributed by atoms with Crippen LogP contribution in [0.3, 0.4) is 0 Å². The third-order valence-corrected chi connectivity index (χ3v) is 6.26. The van der Waals surface area contributed by atoms with Crippen molar-refractivity contribution in [3.05, 3.63) is 21.3 Å². The monoisotopic (exact) mass is 548 g/mol. The van der Waals surface area contributed by atoms with Gasteiger partial charge in [0.25, 0.3) is 5.91 Å². The first-order valence-electron chi connectivity index (χ1n) is 10.3. The fourth-order valence-corrected chi connectivity index (χ4v) is 4.68. The number of thiocarbonyl (C=S) groups is 1. The Balaban J connectivity index is 1.74. The molecule has 166 valence electrons. The van der Waals surface area contributed by atoms with E-state index in [0.29, 0.717) is 44.4 Å². The number of ether oxygens (including phenoxy) is 4. The van der Waals surface area contributed by atoms with E-state index < -0.39 is 0 Å². The van der Waals surface area contributed by atoms with Crippen molar-refractivity contribution < 1.29 is 23.7 Å². The maximum Gasteiger partial charge on any atom is 0.260 e. The van der Waals surface area contributed by atoms with Gasteiger partial charge >= 0.3 is 0 Å². The Labute approximate surface area is 197 Å². The molecule has 1 aromatic rings. The van der Waals surface area contributed by atoms with Crippen LogP contribution in [0.4, 0.5) is 0 Å². The van der Waals surface area contributed by atoms with E-state index in [1.165, 1.54) is 0 Å². The number of hydrogen-bond acceptors (Lipinski definition) is 6. The zero-order valence-electron chi connectivity index (χ0n) is 17.7. The minimum Gasteiger partial charge on any atom is -0.490 e. The summed E-state index contributed by atoms with van der Waals surface area (Å²) in [7, 11) is 0. The minimum absolute atomic E-state index is 0.0294. The van der Waals surface area contributed by atoms with Gasteiger partial charge in [0, 0.05) is 31.7 Å². The van der Waals surface area contributed by atoms with Gasteiger partial charge in [-0.2, -0.15) is 0 Å². The molecule has 2 atom stereocenters. The van der Waals surface area contributed by atoms with Gasteiger partial charge in [-0.3, -0.25) is 4.79 Å². The third-order valence-electron chi connectivity index (χ3n) is 4.97. The molecule has 0 aromatic heterocycles. The molecule has 1 aromatic carbocycles. The molecule has 7 nitrogen and oxygen atoms in total. The molecule has 0 bridgehead atoms. The second kappa shape index (κ2) is 10.9. The van der Waals surface area contributed by atoms with E-state index >= 15 is 0 Å².